The van der Waals surface area contributed by atoms with Crippen LogP contribution in [0.4, 0.5) is 5.69 Å². The fourth-order valence-corrected chi connectivity index (χ4v) is 5.32. The molecule has 1 N–H and O–H groups in total. The first-order valence-electron chi connectivity index (χ1n) is 12.8. The molecule has 1 atom stereocenters. The number of hydrogen-bond acceptors (Lipinski definition) is 6. The Hall–Kier alpha value is -2.79. The van der Waals surface area contributed by atoms with Gasteiger partial charge in [0.2, 0.25) is 21.8 Å². The number of sulfonamides is 1. The second-order valence-electron chi connectivity index (χ2n) is 9.24. The van der Waals surface area contributed by atoms with E-state index in [1.807, 2.05) is 31.2 Å². The first-order chi connectivity index (χ1) is 18.1. The molecule has 0 radical (unpaired) electrons. The molecule has 0 aliphatic carbocycles. The summed E-state index contributed by atoms with van der Waals surface area (Å²) in [5.74, 6) is 0.625. The van der Waals surface area contributed by atoms with Crippen molar-refractivity contribution >= 4 is 43.5 Å². The Morgan fingerprint density at radius 3 is 2.39 bits per heavy atom. The van der Waals surface area contributed by atoms with E-state index in [1.165, 1.54) is 4.31 Å². The van der Waals surface area contributed by atoms with Crippen LogP contribution in [0.2, 0.25) is 0 Å². The monoisotopic (exact) mass is 609 g/mol. The molecule has 1 aliphatic rings. The SMILES string of the molecule is CCCCNC(=O)[C@@H](C)N(Cc1ccc(Br)cc1)C(=O)CCCN(c1ccc2c(c1)OCCO2)S(C)(=O)=O. The number of unbranched alkanes of at least 4 members (excludes halogenated alkanes) is 1. The highest BCUT2D eigenvalue weighted by Gasteiger charge is 2.27. The zero-order valence-electron chi connectivity index (χ0n) is 22.1. The molecule has 0 saturated heterocycles. The van der Waals surface area contributed by atoms with E-state index < -0.39 is 16.1 Å². The van der Waals surface area contributed by atoms with E-state index in [0.29, 0.717) is 36.9 Å². The van der Waals surface area contributed by atoms with Crippen molar-refractivity contribution in [3.05, 3.63) is 52.5 Å². The molecule has 3 rings (SSSR count). The molecule has 0 spiro atoms. The standard InChI is InChI=1S/C27H36BrN3O6S/c1-4-5-14-29-27(33)20(2)30(19-21-8-10-22(28)11-9-21)26(32)7-6-15-31(38(3,34)35)23-12-13-24-25(18-23)37-17-16-36-24/h8-13,18,20H,4-7,14-17,19H2,1-3H3,(H,29,33)/t20-/m1/s1. The highest BCUT2D eigenvalue weighted by molar-refractivity contribution is 9.10. The molecular formula is C27H36BrN3O6S. The first kappa shape index (κ1) is 29.8. The Kier molecular flexibility index (Phi) is 10.8. The quantitative estimate of drug-likeness (QED) is 0.343. The van der Waals surface area contributed by atoms with E-state index in [-0.39, 0.29) is 37.7 Å². The second kappa shape index (κ2) is 13.8. The van der Waals surface area contributed by atoms with Gasteiger partial charge in [-0.3, -0.25) is 13.9 Å². The number of nitrogens with one attached hydrogen (secondary N) is 1. The minimum Gasteiger partial charge on any atom is -0.486 e. The van der Waals surface area contributed by atoms with E-state index in [1.54, 1.807) is 30.0 Å². The maximum absolute atomic E-state index is 13.4. The zero-order chi connectivity index (χ0) is 27.7. The number of amides is 2. The van der Waals surface area contributed by atoms with Crippen molar-refractivity contribution in [2.24, 2.45) is 0 Å². The average molecular weight is 611 g/mol. The third kappa shape index (κ3) is 8.36. The average Bonchev–Trinajstić information content (AvgIpc) is 2.89. The van der Waals surface area contributed by atoms with Gasteiger partial charge < -0.3 is 19.7 Å². The summed E-state index contributed by atoms with van der Waals surface area (Å²) < 4.78 is 38.5. The number of benzene rings is 2. The van der Waals surface area contributed by atoms with Crippen molar-refractivity contribution in [1.29, 1.82) is 0 Å². The molecule has 2 aromatic rings. The van der Waals surface area contributed by atoms with Crippen LogP contribution in [-0.4, -0.2) is 63.7 Å². The van der Waals surface area contributed by atoms with Crippen LogP contribution >= 0.6 is 15.9 Å². The van der Waals surface area contributed by atoms with Crippen LogP contribution in [0.25, 0.3) is 0 Å². The predicted molar refractivity (Wildman–Crippen MR) is 151 cm³/mol. The molecule has 38 heavy (non-hydrogen) atoms. The van der Waals surface area contributed by atoms with Gasteiger partial charge in [-0.2, -0.15) is 0 Å². The van der Waals surface area contributed by atoms with Crippen molar-refractivity contribution in [3.8, 4) is 11.5 Å². The van der Waals surface area contributed by atoms with Crippen LogP contribution in [-0.2, 0) is 26.2 Å². The highest BCUT2D eigenvalue weighted by atomic mass is 79.9. The number of hydrogen-bond donors (Lipinski definition) is 1. The summed E-state index contributed by atoms with van der Waals surface area (Å²) in [6.45, 7) is 5.52. The molecule has 2 aromatic carbocycles. The van der Waals surface area contributed by atoms with E-state index >= 15 is 0 Å². The van der Waals surface area contributed by atoms with Gasteiger partial charge in [0.05, 0.1) is 11.9 Å². The van der Waals surface area contributed by atoms with E-state index in [2.05, 4.69) is 21.2 Å². The molecule has 1 aliphatic heterocycles. The van der Waals surface area contributed by atoms with Crippen LogP contribution in [0.5, 0.6) is 11.5 Å². The van der Waals surface area contributed by atoms with Gasteiger partial charge in [0.25, 0.3) is 0 Å². The largest absolute Gasteiger partial charge is 0.486 e. The Balaban J connectivity index is 1.71. The summed E-state index contributed by atoms with van der Waals surface area (Å²) in [7, 11) is -3.61. The Bertz CT molecular complexity index is 1210. The van der Waals surface area contributed by atoms with Gasteiger partial charge >= 0.3 is 0 Å². The Morgan fingerprint density at radius 2 is 1.74 bits per heavy atom. The lowest BCUT2D eigenvalue weighted by Crippen LogP contribution is -2.47. The molecule has 9 nitrogen and oxygen atoms in total. The van der Waals surface area contributed by atoms with Gasteiger partial charge in [0.15, 0.2) is 11.5 Å². The summed E-state index contributed by atoms with van der Waals surface area (Å²) in [6.07, 6.45) is 3.31. The highest BCUT2D eigenvalue weighted by Crippen LogP contribution is 2.34. The number of carbonyl (C=O) groups excluding carboxylic acids is 2. The molecular weight excluding hydrogens is 574 g/mol. The van der Waals surface area contributed by atoms with Crippen molar-refractivity contribution in [2.75, 3.05) is 36.9 Å². The van der Waals surface area contributed by atoms with Crippen molar-refractivity contribution in [1.82, 2.24) is 10.2 Å². The lowest BCUT2D eigenvalue weighted by Gasteiger charge is -2.29. The number of halogens is 1. The second-order valence-corrected chi connectivity index (χ2v) is 12.1. The topological polar surface area (TPSA) is 105 Å². The van der Waals surface area contributed by atoms with Crippen molar-refractivity contribution in [3.63, 3.8) is 0 Å². The summed E-state index contributed by atoms with van der Waals surface area (Å²) in [6, 6.07) is 11.9. The van der Waals surface area contributed by atoms with Gasteiger partial charge in [0, 0.05) is 36.6 Å². The number of nitrogens with zero attached hydrogens (tertiary/aromatic N) is 2. The molecule has 208 valence electrons. The van der Waals surface area contributed by atoms with Crippen LogP contribution in [0.3, 0.4) is 0 Å². The van der Waals surface area contributed by atoms with E-state index in [0.717, 1.165) is 29.1 Å². The number of rotatable bonds is 13. The molecule has 0 bridgehead atoms. The third-order valence-electron chi connectivity index (χ3n) is 6.23. The summed E-state index contributed by atoms with van der Waals surface area (Å²) >= 11 is 3.42. The van der Waals surface area contributed by atoms with E-state index in [9.17, 15) is 18.0 Å². The van der Waals surface area contributed by atoms with Crippen LogP contribution < -0.4 is 19.1 Å². The van der Waals surface area contributed by atoms with Crippen LogP contribution in [0.15, 0.2) is 46.9 Å². The minimum atomic E-state index is -3.61. The van der Waals surface area contributed by atoms with Crippen LogP contribution in [0, 0.1) is 0 Å². The van der Waals surface area contributed by atoms with Gasteiger partial charge in [-0.15, -0.1) is 0 Å². The molecule has 0 unspecified atom stereocenters. The van der Waals surface area contributed by atoms with E-state index in [4.69, 9.17) is 9.47 Å². The summed E-state index contributed by atoms with van der Waals surface area (Å²) in [4.78, 5) is 27.7. The molecule has 0 aromatic heterocycles. The maximum atomic E-state index is 13.4. The Labute approximate surface area is 233 Å². The molecule has 0 saturated carbocycles. The fourth-order valence-electron chi connectivity index (χ4n) is 4.10. The summed E-state index contributed by atoms with van der Waals surface area (Å²) in [5, 5.41) is 2.90. The third-order valence-corrected chi connectivity index (χ3v) is 7.95. The first-order valence-corrected chi connectivity index (χ1v) is 15.4. The lowest BCUT2D eigenvalue weighted by atomic mass is 10.1. The molecule has 1 heterocycles. The normalized spacial score (nSPS) is 13.5. The van der Waals surface area contributed by atoms with Crippen LogP contribution in [0.1, 0.15) is 45.1 Å². The van der Waals surface area contributed by atoms with Gasteiger partial charge in [-0.05, 0) is 49.6 Å². The number of fused-ring (bicyclic) bond motifs is 1. The number of anilines is 1. The molecule has 11 heteroatoms. The lowest BCUT2D eigenvalue weighted by molar-refractivity contribution is -0.140. The number of ether oxygens (including phenoxy) is 2. The van der Waals surface area contributed by atoms with Crippen molar-refractivity contribution in [2.45, 2.75) is 52.1 Å². The van der Waals surface area contributed by atoms with Crippen molar-refractivity contribution < 1.29 is 27.5 Å². The van der Waals surface area contributed by atoms with Gasteiger partial charge in [0.1, 0.15) is 19.3 Å². The zero-order valence-corrected chi connectivity index (χ0v) is 24.5. The molecule has 2 amide bonds. The maximum Gasteiger partial charge on any atom is 0.242 e. The predicted octanol–water partition coefficient (Wildman–Crippen LogP) is 4.10. The molecule has 0 fully saturated rings. The summed E-state index contributed by atoms with van der Waals surface area (Å²) in [5.41, 5.74) is 1.34. The van der Waals surface area contributed by atoms with Gasteiger partial charge in [-0.25, -0.2) is 8.42 Å². The van der Waals surface area contributed by atoms with Gasteiger partial charge in [-0.1, -0.05) is 41.4 Å². The number of carbonyl (C=O) groups is 2. The fraction of sp³-hybridized carbons (Fsp3) is 0.481. The minimum absolute atomic E-state index is 0.0830. The smallest absolute Gasteiger partial charge is 0.242 e. The Morgan fingerprint density at radius 1 is 1.05 bits per heavy atom.